The Hall–Kier alpha value is -1.09. The van der Waals surface area contributed by atoms with Crippen molar-refractivity contribution in [1.82, 2.24) is 0 Å². The Morgan fingerprint density at radius 1 is 1.55 bits per heavy atom. The molecule has 3 heteroatoms. The molecule has 1 aromatic heterocycles. The molecule has 2 nitrogen and oxygen atoms in total. The molecule has 0 atom stereocenters. The number of nitrogens with two attached hydrogens (primary N) is 1. The van der Waals surface area contributed by atoms with Gasteiger partial charge in [-0.15, -0.1) is 11.3 Å². The van der Waals surface area contributed by atoms with E-state index in [0.29, 0.717) is 6.54 Å². The quantitative estimate of drug-likeness (QED) is 0.669. The van der Waals surface area contributed by atoms with E-state index >= 15 is 0 Å². The van der Waals surface area contributed by atoms with E-state index in [0.717, 1.165) is 11.4 Å². The van der Waals surface area contributed by atoms with Gasteiger partial charge in [0.25, 0.3) is 0 Å². The van der Waals surface area contributed by atoms with E-state index in [2.05, 4.69) is 11.1 Å². The molecule has 0 saturated carbocycles. The molecule has 0 saturated heterocycles. The van der Waals surface area contributed by atoms with Crippen LogP contribution in [0.15, 0.2) is 34.3 Å². The fraction of sp³-hybridized carbons (Fsp3) is 0.125. The van der Waals surface area contributed by atoms with Crippen LogP contribution in [-0.2, 0) is 0 Å². The van der Waals surface area contributed by atoms with Gasteiger partial charge in [0.1, 0.15) is 0 Å². The van der Waals surface area contributed by atoms with Gasteiger partial charge in [-0.3, -0.25) is 4.99 Å². The maximum atomic E-state index is 5.58. The molecule has 0 spiro atoms. The average molecular weight is 164 g/mol. The first kappa shape index (κ1) is 6.61. The first-order valence-corrected chi connectivity index (χ1v) is 4.28. The van der Waals surface area contributed by atoms with Crippen LogP contribution >= 0.6 is 11.3 Å². The summed E-state index contributed by atoms with van der Waals surface area (Å²) in [6.45, 7) is 0.660. The van der Waals surface area contributed by atoms with Gasteiger partial charge >= 0.3 is 0 Å². The summed E-state index contributed by atoms with van der Waals surface area (Å²) >= 11 is 1.69. The van der Waals surface area contributed by atoms with Gasteiger partial charge in [-0.25, -0.2) is 0 Å². The van der Waals surface area contributed by atoms with Crippen LogP contribution in [0.1, 0.15) is 4.88 Å². The molecule has 2 rings (SSSR count). The molecule has 1 aliphatic rings. The second-order valence-electron chi connectivity index (χ2n) is 2.40. The summed E-state index contributed by atoms with van der Waals surface area (Å²) in [7, 11) is 0. The Morgan fingerprint density at radius 3 is 3.00 bits per heavy atom. The highest BCUT2D eigenvalue weighted by Gasteiger charge is 2.07. The smallest absolute Gasteiger partial charge is 0.0792 e. The fourth-order valence-electron chi connectivity index (χ4n) is 1.02. The molecular formula is C8H8N2S. The van der Waals surface area contributed by atoms with Crippen molar-refractivity contribution < 1.29 is 0 Å². The van der Waals surface area contributed by atoms with Gasteiger partial charge in [0.15, 0.2) is 0 Å². The molecule has 0 fully saturated rings. The molecule has 2 heterocycles. The van der Waals surface area contributed by atoms with E-state index in [9.17, 15) is 0 Å². The monoisotopic (exact) mass is 164 g/mol. The summed E-state index contributed by atoms with van der Waals surface area (Å²) in [5.74, 6) is 0. The van der Waals surface area contributed by atoms with Gasteiger partial charge in [0.05, 0.1) is 17.1 Å². The van der Waals surface area contributed by atoms with Crippen molar-refractivity contribution >= 4 is 17.0 Å². The van der Waals surface area contributed by atoms with Crippen LogP contribution in [0, 0.1) is 0 Å². The van der Waals surface area contributed by atoms with E-state index in [1.54, 1.807) is 11.3 Å². The molecule has 0 bridgehead atoms. The highest BCUT2D eigenvalue weighted by molar-refractivity contribution is 7.12. The second kappa shape index (κ2) is 2.51. The minimum Gasteiger partial charge on any atom is -0.400 e. The Balaban J connectivity index is 2.32. The van der Waals surface area contributed by atoms with Crippen molar-refractivity contribution in [1.29, 1.82) is 0 Å². The average Bonchev–Trinajstić information content (AvgIpc) is 2.55. The van der Waals surface area contributed by atoms with E-state index in [-0.39, 0.29) is 0 Å². The standard InChI is InChI=1S/C8H8N2S/c9-6-4-7(10-5-6)8-2-1-3-11-8/h1-4H,5,9H2. The van der Waals surface area contributed by atoms with Gasteiger partial charge < -0.3 is 5.73 Å². The summed E-state index contributed by atoms with van der Waals surface area (Å²) in [4.78, 5) is 5.47. The van der Waals surface area contributed by atoms with Gasteiger partial charge in [0.2, 0.25) is 0 Å². The number of hydrogen-bond donors (Lipinski definition) is 1. The van der Waals surface area contributed by atoms with E-state index in [1.807, 2.05) is 17.5 Å². The largest absolute Gasteiger partial charge is 0.400 e. The first-order valence-electron chi connectivity index (χ1n) is 3.40. The zero-order valence-corrected chi connectivity index (χ0v) is 6.77. The molecule has 1 aromatic rings. The Kier molecular flexibility index (Phi) is 1.51. The molecule has 0 radical (unpaired) electrons. The highest BCUT2D eigenvalue weighted by Crippen LogP contribution is 2.14. The van der Waals surface area contributed by atoms with E-state index < -0.39 is 0 Å². The molecule has 0 aliphatic carbocycles. The van der Waals surface area contributed by atoms with Crippen LogP contribution in [0.5, 0.6) is 0 Å². The number of aliphatic imine (C=N–C) groups is 1. The van der Waals surface area contributed by atoms with Crippen molar-refractivity contribution in [3.8, 4) is 0 Å². The molecule has 1 aliphatic heterocycles. The molecule has 11 heavy (non-hydrogen) atoms. The van der Waals surface area contributed by atoms with Crippen LogP contribution in [0.3, 0.4) is 0 Å². The fourth-order valence-corrected chi connectivity index (χ4v) is 1.72. The predicted molar refractivity (Wildman–Crippen MR) is 48.0 cm³/mol. The lowest BCUT2D eigenvalue weighted by Gasteiger charge is -1.87. The predicted octanol–water partition coefficient (Wildman–Crippen LogP) is 1.39. The third-order valence-corrected chi connectivity index (χ3v) is 2.42. The van der Waals surface area contributed by atoms with Crippen LogP contribution in [-0.4, -0.2) is 12.3 Å². The number of allylic oxidation sites excluding steroid dienone is 1. The lowest BCUT2D eigenvalue weighted by atomic mass is 10.3. The minimum absolute atomic E-state index is 0.660. The van der Waals surface area contributed by atoms with E-state index in [4.69, 9.17) is 5.73 Å². The second-order valence-corrected chi connectivity index (χ2v) is 3.35. The lowest BCUT2D eigenvalue weighted by Crippen LogP contribution is -1.96. The lowest BCUT2D eigenvalue weighted by molar-refractivity contribution is 1.14. The van der Waals surface area contributed by atoms with Crippen LogP contribution in [0.4, 0.5) is 0 Å². The minimum atomic E-state index is 0.660. The number of hydrogen-bond acceptors (Lipinski definition) is 3. The third kappa shape index (κ3) is 1.19. The van der Waals surface area contributed by atoms with Gasteiger partial charge in [-0.05, 0) is 17.5 Å². The maximum Gasteiger partial charge on any atom is 0.0792 e. The highest BCUT2D eigenvalue weighted by atomic mass is 32.1. The zero-order chi connectivity index (χ0) is 7.68. The summed E-state index contributed by atoms with van der Waals surface area (Å²) in [6, 6.07) is 4.07. The van der Waals surface area contributed by atoms with Crippen molar-refractivity contribution in [3.05, 3.63) is 34.2 Å². The normalized spacial score (nSPS) is 16.4. The Morgan fingerprint density at radius 2 is 2.45 bits per heavy atom. The van der Waals surface area contributed by atoms with Crippen LogP contribution in [0.2, 0.25) is 0 Å². The SMILES string of the molecule is NC1=CC(c2cccs2)=NC1. The van der Waals surface area contributed by atoms with Crippen LogP contribution in [0.25, 0.3) is 0 Å². The molecule has 0 aromatic carbocycles. The Labute approximate surface area is 69.1 Å². The summed E-state index contributed by atoms with van der Waals surface area (Å²) in [5.41, 5.74) is 7.46. The number of thiophene rings is 1. The van der Waals surface area contributed by atoms with Crippen molar-refractivity contribution in [2.24, 2.45) is 10.7 Å². The maximum absolute atomic E-state index is 5.58. The topological polar surface area (TPSA) is 38.4 Å². The summed E-state index contributed by atoms with van der Waals surface area (Å²) in [5, 5.41) is 2.04. The summed E-state index contributed by atoms with van der Waals surface area (Å²) < 4.78 is 0. The molecule has 56 valence electrons. The molecule has 2 N–H and O–H groups in total. The third-order valence-electron chi connectivity index (χ3n) is 1.53. The molecule has 0 unspecified atom stereocenters. The number of nitrogens with zero attached hydrogens (tertiary/aromatic N) is 1. The van der Waals surface area contributed by atoms with Gasteiger partial charge in [-0.1, -0.05) is 6.07 Å². The van der Waals surface area contributed by atoms with Crippen LogP contribution < -0.4 is 5.73 Å². The zero-order valence-electron chi connectivity index (χ0n) is 5.95. The van der Waals surface area contributed by atoms with E-state index in [1.165, 1.54) is 4.88 Å². The number of rotatable bonds is 1. The first-order chi connectivity index (χ1) is 5.36. The van der Waals surface area contributed by atoms with Gasteiger partial charge in [0, 0.05) is 5.70 Å². The van der Waals surface area contributed by atoms with Gasteiger partial charge in [-0.2, -0.15) is 0 Å². The van der Waals surface area contributed by atoms with Crippen molar-refractivity contribution in [2.75, 3.05) is 6.54 Å². The molecular weight excluding hydrogens is 156 g/mol. The van der Waals surface area contributed by atoms with Crippen molar-refractivity contribution in [3.63, 3.8) is 0 Å². The molecule has 0 amide bonds. The summed E-state index contributed by atoms with van der Waals surface area (Å²) in [6.07, 6.45) is 1.94. The Bertz CT molecular complexity index is 309. The van der Waals surface area contributed by atoms with Crippen molar-refractivity contribution in [2.45, 2.75) is 0 Å².